The Balaban J connectivity index is 2.15. The minimum atomic E-state index is -0.756. The molecule has 19 heavy (non-hydrogen) atoms. The van der Waals surface area contributed by atoms with Crippen LogP contribution in [0.1, 0.15) is 17.4 Å². The Morgan fingerprint density at radius 2 is 2.05 bits per heavy atom. The van der Waals surface area contributed by atoms with Crippen LogP contribution in [-0.4, -0.2) is 21.8 Å². The van der Waals surface area contributed by atoms with E-state index in [0.717, 1.165) is 11.3 Å². The Hall–Kier alpha value is -2.14. The van der Waals surface area contributed by atoms with Gasteiger partial charge in [-0.25, -0.2) is 4.98 Å². The van der Waals surface area contributed by atoms with Crippen molar-refractivity contribution in [2.75, 3.05) is 7.11 Å². The highest BCUT2D eigenvalue weighted by Crippen LogP contribution is 2.18. The van der Waals surface area contributed by atoms with Gasteiger partial charge in [-0.05, 0) is 24.6 Å². The van der Waals surface area contributed by atoms with Gasteiger partial charge in [0.05, 0.1) is 26.1 Å². The number of nitrogens with zero attached hydrogens (tertiary/aromatic N) is 2. The first-order valence-corrected chi connectivity index (χ1v) is 5.95. The third kappa shape index (κ3) is 3.20. The molecule has 0 amide bonds. The summed E-state index contributed by atoms with van der Waals surface area (Å²) in [5.74, 6) is 0.727. The van der Waals surface area contributed by atoms with Crippen molar-refractivity contribution in [3.63, 3.8) is 0 Å². The van der Waals surface area contributed by atoms with Crippen LogP contribution in [0.5, 0.6) is 5.75 Å². The third-order valence-corrected chi connectivity index (χ3v) is 2.89. The molecule has 0 spiro atoms. The fourth-order valence-electron chi connectivity index (χ4n) is 1.77. The highest BCUT2D eigenvalue weighted by molar-refractivity contribution is 5.28. The predicted octanol–water partition coefficient (Wildman–Crippen LogP) is 1.29. The molecule has 1 aromatic heterocycles. The molecule has 2 aromatic rings. The lowest BCUT2D eigenvalue weighted by molar-refractivity contribution is 0.154. The largest absolute Gasteiger partial charge is 0.497 e. The molecule has 0 aliphatic rings. The summed E-state index contributed by atoms with van der Waals surface area (Å²) < 4.78 is 6.44. The van der Waals surface area contributed by atoms with Crippen molar-refractivity contribution in [2.24, 2.45) is 0 Å². The zero-order valence-corrected chi connectivity index (χ0v) is 10.9. The Morgan fingerprint density at radius 3 is 2.63 bits per heavy atom. The van der Waals surface area contributed by atoms with Gasteiger partial charge >= 0.3 is 0 Å². The predicted molar refractivity (Wildman–Crippen MR) is 71.2 cm³/mol. The van der Waals surface area contributed by atoms with Gasteiger partial charge in [0, 0.05) is 11.8 Å². The molecule has 0 fully saturated rings. The van der Waals surface area contributed by atoms with Crippen LogP contribution < -0.4 is 10.3 Å². The fraction of sp³-hybridized carbons (Fsp3) is 0.286. The van der Waals surface area contributed by atoms with E-state index in [1.54, 1.807) is 38.3 Å². The first-order valence-electron chi connectivity index (χ1n) is 5.95. The van der Waals surface area contributed by atoms with Crippen molar-refractivity contribution >= 4 is 0 Å². The lowest BCUT2D eigenvalue weighted by Crippen LogP contribution is -2.23. The molecule has 0 saturated heterocycles. The van der Waals surface area contributed by atoms with Crippen LogP contribution in [0, 0.1) is 6.92 Å². The van der Waals surface area contributed by atoms with Crippen molar-refractivity contribution in [1.29, 1.82) is 0 Å². The minimum Gasteiger partial charge on any atom is -0.497 e. The zero-order chi connectivity index (χ0) is 13.8. The van der Waals surface area contributed by atoms with Crippen LogP contribution in [0.3, 0.4) is 0 Å². The van der Waals surface area contributed by atoms with Crippen LogP contribution in [0.2, 0.25) is 0 Å². The molecule has 1 heterocycles. The lowest BCUT2D eigenvalue weighted by Gasteiger charge is -2.13. The molecule has 1 unspecified atom stereocenters. The van der Waals surface area contributed by atoms with Gasteiger partial charge in [0.25, 0.3) is 5.56 Å². The molecule has 1 atom stereocenters. The molecule has 0 saturated carbocycles. The van der Waals surface area contributed by atoms with Gasteiger partial charge in [-0.15, -0.1) is 0 Å². The summed E-state index contributed by atoms with van der Waals surface area (Å²) in [5.41, 5.74) is 1.23. The summed E-state index contributed by atoms with van der Waals surface area (Å²) in [6, 6.07) is 8.54. The number of aliphatic hydroxyl groups is 1. The van der Waals surface area contributed by atoms with E-state index >= 15 is 0 Å². The second kappa shape index (κ2) is 5.67. The van der Waals surface area contributed by atoms with Crippen LogP contribution in [0.4, 0.5) is 0 Å². The number of aromatic nitrogens is 2. The highest BCUT2D eigenvalue weighted by Gasteiger charge is 2.09. The molecule has 0 radical (unpaired) electrons. The smallest absolute Gasteiger partial charge is 0.253 e. The Bertz CT molecular complexity index is 605. The molecular formula is C14H16N2O3. The standard InChI is InChI=1S/C14H16N2O3/c1-10-7-14(18)16(9-15-10)8-13(17)11-3-5-12(19-2)6-4-11/h3-7,9,13,17H,8H2,1-2H3. The molecule has 0 aliphatic carbocycles. The van der Waals surface area contributed by atoms with E-state index in [1.165, 1.54) is 17.0 Å². The summed E-state index contributed by atoms with van der Waals surface area (Å²) in [6.07, 6.45) is 0.692. The maximum Gasteiger partial charge on any atom is 0.253 e. The Kier molecular flexibility index (Phi) is 3.97. The zero-order valence-electron chi connectivity index (χ0n) is 10.9. The number of rotatable bonds is 4. The van der Waals surface area contributed by atoms with Crippen LogP contribution in [0.15, 0.2) is 41.5 Å². The quantitative estimate of drug-likeness (QED) is 0.899. The third-order valence-electron chi connectivity index (χ3n) is 2.89. The van der Waals surface area contributed by atoms with Crippen molar-refractivity contribution in [1.82, 2.24) is 9.55 Å². The number of aliphatic hydroxyl groups excluding tert-OH is 1. The maximum absolute atomic E-state index is 11.7. The molecule has 0 bridgehead atoms. The Labute approximate surface area is 111 Å². The van der Waals surface area contributed by atoms with Crippen molar-refractivity contribution in [2.45, 2.75) is 19.6 Å². The average Bonchev–Trinajstić information content (AvgIpc) is 2.42. The summed E-state index contributed by atoms with van der Waals surface area (Å²) in [4.78, 5) is 15.7. The molecule has 5 nitrogen and oxygen atoms in total. The van der Waals surface area contributed by atoms with E-state index in [1.807, 2.05) is 0 Å². The summed E-state index contributed by atoms with van der Waals surface area (Å²) >= 11 is 0. The van der Waals surface area contributed by atoms with Crippen LogP contribution >= 0.6 is 0 Å². The minimum absolute atomic E-state index is 0.167. The molecular weight excluding hydrogens is 244 g/mol. The number of benzene rings is 1. The highest BCUT2D eigenvalue weighted by atomic mass is 16.5. The first-order chi connectivity index (χ1) is 9.10. The fourth-order valence-corrected chi connectivity index (χ4v) is 1.77. The second-order valence-corrected chi connectivity index (χ2v) is 4.31. The van der Waals surface area contributed by atoms with Gasteiger partial charge in [0.15, 0.2) is 0 Å². The van der Waals surface area contributed by atoms with Gasteiger partial charge in [0.1, 0.15) is 5.75 Å². The molecule has 1 N–H and O–H groups in total. The summed E-state index contributed by atoms with van der Waals surface area (Å²) in [7, 11) is 1.59. The number of hydrogen-bond donors (Lipinski definition) is 1. The topological polar surface area (TPSA) is 64.3 Å². The lowest BCUT2D eigenvalue weighted by atomic mass is 10.1. The van der Waals surface area contributed by atoms with Gasteiger partial charge < -0.3 is 9.84 Å². The van der Waals surface area contributed by atoms with Crippen LogP contribution in [-0.2, 0) is 6.54 Å². The Morgan fingerprint density at radius 1 is 1.37 bits per heavy atom. The monoisotopic (exact) mass is 260 g/mol. The summed E-state index contributed by atoms with van der Waals surface area (Å²) in [6.45, 7) is 1.93. The van der Waals surface area contributed by atoms with Gasteiger partial charge in [-0.2, -0.15) is 0 Å². The normalized spacial score (nSPS) is 12.2. The van der Waals surface area contributed by atoms with Crippen molar-refractivity contribution < 1.29 is 9.84 Å². The summed E-state index contributed by atoms with van der Waals surface area (Å²) in [5, 5.41) is 10.1. The number of hydrogen-bond acceptors (Lipinski definition) is 4. The number of methoxy groups -OCH3 is 1. The van der Waals surface area contributed by atoms with E-state index in [2.05, 4.69) is 4.98 Å². The van der Waals surface area contributed by atoms with E-state index in [-0.39, 0.29) is 12.1 Å². The SMILES string of the molecule is COc1ccc(C(O)Cn2cnc(C)cc2=O)cc1. The van der Waals surface area contributed by atoms with E-state index in [4.69, 9.17) is 4.74 Å². The molecule has 100 valence electrons. The molecule has 1 aromatic carbocycles. The first kappa shape index (κ1) is 13.3. The number of ether oxygens (including phenoxy) is 1. The molecule has 5 heteroatoms. The maximum atomic E-state index is 11.7. The number of aryl methyl sites for hydroxylation is 1. The molecule has 0 aliphatic heterocycles. The van der Waals surface area contributed by atoms with Gasteiger partial charge in [-0.1, -0.05) is 12.1 Å². The van der Waals surface area contributed by atoms with Gasteiger partial charge in [0.2, 0.25) is 0 Å². The second-order valence-electron chi connectivity index (χ2n) is 4.31. The van der Waals surface area contributed by atoms with Gasteiger partial charge in [-0.3, -0.25) is 9.36 Å². The van der Waals surface area contributed by atoms with Crippen molar-refractivity contribution in [3.8, 4) is 5.75 Å². The van der Waals surface area contributed by atoms with E-state index < -0.39 is 6.10 Å². The van der Waals surface area contributed by atoms with Crippen molar-refractivity contribution in [3.05, 3.63) is 58.3 Å². The van der Waals surface area contributed by atoms with Crippen LogP contribution in [0.25, 0.3) is 0 Å². The van der Waals surface area contributed by atoms with E-state index in [0.29, 0.717) is 5.69 Å². The van der Waals surface area contributed by atoms with E-state index in [9.17, 15) is 9.90 Å². The molecule has 2 rings (SSSR count). The average molecular weight is 260 g/mol.